The number of nitrogens with two attached hydrogens (primary N) is 1. The van der Waals surface area contributed by atoms with Gasteiger partial charge in [0.15, 0.2) is 0 Å². The molecule has 0 spiro atoms. The molecule has 120 valence electrons. The number of carbonyl (C=O) groups is 1. The van der Waals surface area contributed by atoms with E-state index in [-0.39, 0.29) is 23.3 Å². The predicted octanol–water partition coefficient (Wildman–Crippen LogP) is 3.14. The van der Waals surface area contributed by atoms with Gasteiger partial charge in [-0.2, -0.15) is 0 Å². The van der Waals surface area contributed by atoms with E-state index < -0.39 is 18.0 Å². The van der Waals surface area contributed by atoms with Crippen molar-refractivity contribution < 1.29 is 13.6 Å². The Morgan fingerprint density at radius 3 is 2.67 bits per heavy atom. The highest BCUT2D eigenvalue weighted by Crippen LogP contribution is 2.28. The number of nitrogens with zero attached hydrogens (tertiary/aromatic N) is 1. The van der Waals surface area contributed by atoms with Crippen molar-refractivity contribution in [3.05, 3.63) is 16.1 Å². The van der Waals surface area contributed by atoms with Gasteiger partial charge in [-0.25, -0.2) is 13.8 Å². The molecule has 0 aromatic carbocycles. The number of aromatic nitrogens is 1. The van der Waals surface area contributed by atoms with Crippen molar-refractivity contribution in [3.63, 3.8) is 0 Å². The topological polar surface area (TPSA) is 68.0 Å². The highest BCUT2D eigenvalue weighted by molar-refractivity contribution is 7.11. The number of nitrogens with one attached hydrogen (secondary N) is 1. The van der Waals surface area contributed by atoms with Gasteiger partial charge in [0.05, 0.1) is 5.51 Å². The Hall–Kier alpha value is -0.790. The summed E-state index contributed by atoms with van der Waals surface area (Å²) in [7, 11) is 0. The van der Waals surface area contributed by atoms with Crippen LogP contribution in [0.2, 0.25) is 0 Å². The highest BCUT2D eigenvalue weighted by atomic mass is 35.5. The van der Waals surface area contributed by atoms with Crippen molar-refractivity contribution in [3.8, 4) is 0 Å². The fourth-order valence-electron chi connectivity index (χ4n) is 2.72. The summed E-state index contributed by atoms with van der Waals surface area (Å²) in [5, 5.41) is 2.81. The van der Waals surface area contributed by atoms with E-state index in [9.17, 15) is 13.6 Å². The second-order valence-electron chi connectivity index (χ2n) is 5.08. The van der Waals surface area contributed by atoms with Gasteiger partial charge in [0, 0.05) is 12.6 Å². The number of hydrogen-bond donors (Lipinski definition) is 2. The lowest BCUT2D eigenvalue weighted by atomic mass is 9.84. The van der Waals surface area contributed by atoms with Crippen molar-refractivity contribution in [1.82, 2.24) is 10.3 Å². The molecule has 21 heavy (non-hydrogen) atoms. The largest absolute Gasteiger partial charge is 0.347 e. The maximum Gasteiger partial charge on any atom is 0.281 e. The van der Waals surface area contributed by atoms with E-state index >= 15 is 0 Å². The highest BCUT2D eigenvalue weighted by Gasteiger charge is 2.27. The SMILES string of the molecule is Cl.NCC(NC(=O)c1scnc1C(F)F)C1CCCCC1. The van der Waals surface area contributed by atoms with E-state index in [4.69, 9.17) is 5.73 Å². The summed E-state index contributed by atoms with van der Waals surface area (Å²) in [6.07, 6.45) is 2.83. The Kier molecular flexibility index (Phi) is 7.48. The number of carbonyl (C=O) groups excluding carboxylic acids is 1. The predicted molar refractivity (Wildman–Crippen MR) is 81.2 cm³/mol. The van der Waals surface area contributed by atoms with E-state index in [1.54, 1.807) is 0 Å². The van der Waals surface area contributed by atoms with Gasteiger partial charge in [-0.05, 0) is 18.8 Å². The molecule has 1 aromatic heterocycles. The summed E-state index contributed by atoms with van der Waals surface area (Å²) in [6, 6.07) is -0.143. The van der Waals surface area contributed by atoms with E-state index in [2.05, 4.69) is 10.3 Å². The molecule has 4 nitrogen and oxygen atoms in total. The summed E-state index contributed by atoms with van der Waals surface area (Å²) >= 11 is 0.941. The Morgan fingerprint density at radius 2 is 2.10 bits per heavy atom. The smallest absolute Gasteiger partial charge is 0.281 e. The molecule has 0 saturated heterocycles. The summed E-state index contributed by atoms with van der Waals surface area (Å²) in [5.41, 5.74) is 6.56. The first-order valence-corrected chi connectivity index (χ1v) is 7.74. The molecule has 2 rings (SSSR count). The van der Waals surface area contributed by atoms with Gasteiger partial charge in [0.1, 0.15) is 10.6 Å². The summed E-state index contributed by atoms with van der Waals surface area (Å²) in [4.78, 5) is 15.7. The molecule has 1 unspecified atom stereocenters. The number of hydrogen-bond acceptors (Lipinski definition) is 4. The Labute approximate surface area is 132 Å². The van der Waals surface area contributed by atoms with Crippen molar-refractivity contribution in [2.75, 3.05) is 6.54 Å². The zero-order chi connectivity index (χ0) is 14.5. The molecule has 0 aliphatic heterocycles. The lowest BCUT2D eigenvalue weighted by molar-refractivity contribution is 0.0906. The maximum atomic E-state index is 12.7. The second kappa shape index (κ2) is 8.60. The molecule has 0 bridgehead atoms. The van der Waals surface area contributed by atoms with Crippen LogP contribution in [0.4, 0.5) is 8.78 Å². The van der Waals surface area contributed by atoms with Crippen molar-refractivity contribution in [2.24, 2.45) is 11.7 Å². The average molecular weight is 340 g/mol. The third-order valence-electron chi connectivity index (χ3n) is 3.80. The molecule has 1 atom stereocenters. The molecule has 0 radical (unpaired) electrons. The van der Waals surface area contributed by atoms with Crippen LogP contribution in [0.1, 0.15) is 53.9 Å². The first-order chi connectivity index (χ1) is 9.63. The number of alkyl halides is 2. The van der Waals surface area contributed by atoms with Crippen LogP contribution in [0.15, 0.2) is 5.51 Å². The average Bonchev–Trinajstić information content (AvgIpc) is 2.95. The minimum Gasteiger partial charge on any atom is -0.347 e. The monoisotopic (exact) mass is 339 g/mol. The van der Waals surface area contributed by atoms with Crippen molar-refractivity contribution >= 4 is 29.7 Å². The van der Waals surface area contributed by atoms with Gasteiger partial charge in [-0.15, -0.1) is 23.7 Å². The maximum absolute atomic E-state index is 12.7. The lowest BCUT2D eigenvalue weighted by Gasteiger charge is -2.30. The van der Waals surface area contributed by atoms with Crippen molar-refractivity contribution in [2.45, 2.75) is 44.6 Å². The van der Waals surface area contributed by atoms with Crippen LogP contribution >= 0.6 is 23.7 Å². The molecular weight excluding hydrogens is 320 g/mol. The van der Waals surface area contributed by atoms with Crippen LogP contribution in [0.3, 0.4) is 0 Å². The minimum atomic E-state index is -2.73. The minimum absolute atomic E-state index is 0. The van der Waals surface area contributed by atoms with Crippen molar-refractivity contribution in [1.29, 1.82) is 0 Å². The van der Waals surface area contributed by atoms with E-state index in [0.29, 0.717) is 12.5 Å². The zero-order valence-electron chi connectivity index (χ0n) is 11.6. The summed E-state index contributed by atoms with van der Waals surface area (Å²) in [6.45, 7) is 0.333. The van der Waals surface area contributed by atoms with Crippen LogP contribution in [-0.2, 0) is 0 Å². The van der Waals surface area contributed by atoms with E-state index in [1.807, 2.05) is 0 Å². The normalized spacial score (nSPS) is 17.3. The molecule has 1 aliphatic carbocycles. The fraction of sp³-hybridized carbons (Fsp3) is 0.692. The van der Waals surface area contributed by atoms with E-state index in [0.717, 1.165) is 37.0 Å². The fourth-order valence-corrected chi connectivity index (χ4v) is 3.42. The zero-order valence-corrected chi connectivity index (χ0v) is 13.2. The Bertz CT molecular complexity index is 452. The van der Waals surface area contributed by atoms with Crippen LogP contribution in [-0.4, -0.2) is 23.5 Å². The molecule has 1 fully saturated rings. The van der Waals surface area contributed by atoms with Gasteiger partial charge >= 0.3 is 0 Å². The number of amides is 1. The molecule has 1 heterocycles. The van der Waals surface area contributed by atoms with Gasteiger partial charge in [0.2, 0.25) is 0 Å². The van der Waals surface area contributed by atoms with Gasteiger partial charge < -0.3 is 11.1 Å². The summed E-state index contributed by atoms with van der Waals surface area (Å²) in [5.74, 6) is -0.135. The van der Waals surface area contributed by atoms with Crippen LogP contribution in [0, 0.1) is 5.92 Å². The Morgan fingerprint density at radius 1 is 1.43 bits per heavy atom. The molecule has 1 saturated carbocycles. The molecule has 1 aromatic rings. The van der Waals surface area contributed by atoms with Crippen LogP contribution < -0.4 is 11.1 Å². The summed E-state index contributed by atoms with van der Waals surface area (Å²) < 4.78 is 25.5. The van der Waals surface area contributed by atoms with Gasteiger partial charge in [0.25, 0.3) is 12.3 Å². The number of rotatable bonds is 5. The molecule has 1 amide bonds. The molecule has 3 N–H and O–H groups in total. The standard InChI is InChI=1S/C13H19F2N3OS.ClH/c14-12(15)10-11(20-7-17-10)13(19)18-9(6-16)8-4-2-1-3-5-8;/h7-9,12H,1-6,16H2,(H,18,19);1H. The third kappa shape index (κ3) is 4.59. The van der Waals surface area contributed by atoms with E-state index in [1.165, 1.54) is 11.9 Å². The van der Waals surface area contributed by atoms with Gasteiger partial charge in [-0.3, -0.25) is 4.79 Å². The van der Waals surface area contributed by atoms with Gasteiger partial charge in [-0.1, -0.05) is 19.3 Å². The third-order valence-corrected chi connectivity index (χ3v) is 4.64. The number of thiazole rings is 1. The van der Waals surface area contributed by atoms with Crippen LogP contribution in [0.5, 0.6) is 0 Å². The first kappa shape index (κ1) is 18.3. The molecule has 8 heteroatoms. The van der Waals surface area contributed by atoms with Crippen LogP contribution in [0.25, 0.3) is 0 Å². The lowest BCUT2D eigenvalue weighted by Crippen LogP contribution is -2.45. The first-order valence-electron chi connectivity index (χ1n) is 6.86. The Balaban J connectivity index is 0.00000220. The second-order valence-corrected chi connectivity index (χ2v) is 5.94. The number of halogens is 3. The molecular formula is C13H20ClF2N3OS. The molecule has 1 aliphatic rings. The quantitative estimate of drug-likeness (QED) is 0.866.